The maximum atomic E-state index is 4.33. The lowest BCUT2D eigenvalue weighted by molar-refractivity contribution is 0.835. The maximum absolute atomic E-state index is 4.33. The van der Waals surface area contributed by atoms with Gasteiger partial charge in [-0.25, -0.2) is 14.6 Å². The summed E-state index contributed by atoms with van der Waals surface area (Å²) in [4.78, 5) is 8.28. The van der Waals surface area contributed by atoms with E-state index in [9.17, 15) is 0 Å². The average molecular weight is 236 g/mol. The van der Waals surface area contributed by atoms with E-state index in [-0.39, 0.29) is 0 Å². The van der Waals surface area contributed by atoms with E-state index in [0.717, 1.165) is 22.6 Å². The molecule has 0 amide bonds. The molecule has 4 nitrogen and oxygen atoms in total. The van der Waals surface area contributed by atoms with Crippen LogP contribution in [-0.4, -0.2) is 19.7 Å². The van der Waals surface area contributed by atoms with Gasteiger partial charge in [-0.3, -0.25) is 0 Å². The lowest BCUT2D eigenvalue weighted by Crippen LogP contribution is -1.98. The van der Waals surface area contributed by atoms with Crippen LogP contribution in [0.4, 0.5) is 0 Å². The highest BCUT2D eigenvalue weighted by molar-refractivity contribution is 5.61. The first-order valence-electron chi connectivity index (χ1n) is 5.72. The van der Waals surface area contributed by atoms with Gasteiger partial charge in [-0.15, -0.1) is 0 Å². The number of rotatable bonds is 2. The molecule has 3 aromatic rings. The van der Waals surface area contributed by atoms with Gasteiger partial charge in [-0.05, 0) is 12.5 Å². The van der Waals surface area contributed by atoms with Gasteiger partial charge in [0.1, 0.15) is 6.33 Å². The fraction of sp³-hybridized carbons (Fsp3) is 0.0714. The molecule has 0 atom stereocenters. The predicted molar refractivity (Wildman–Crippen MR) is 69.3 cm³/mol. The maximum Gasteiger partial charge on any atom is 0.156 e. The Morgan fingerprint density at radius 2 is 1.83 bits per heavy atom. The van der Waals surface area contributed by atoms with Gasteiger partial charge in [0.05, 0.1) is 6.20 Å². The van der Waals surface area contributed by atoms with E-state index >= 15 is 0 Å². The molecular weight excluding hydrogens is 224 g/mol. The molecule has 3 rings (SSSR count). The molecule has 0 radical (unpaired) electrons. The Balaban J connectivity index is 2.00. The molecule has 1 aromatic carbocycles. The average Bonchev–Trinajstić information content (AvgIpc) is 2.89. The number of benzene rings is 1. The standard InChI is InChI=1S/C14H12N4/c1-11-7-14(16-10-15-11)18-9-13(8-17-18)12-5-3-2-4-6-12/h2-10H,1H3. The second-order valence-corrected chi connectivity index (χ2v) is 4.06. The Morgan fingerprint density at radius 1 is 1.00 bits per heavy atom. The molecule has 0 spiro atoms. The largest absolute Gasteiger partial charge is 0.242 e. The van der Waals surface area contributed by atoms with Crippen LogP contribution in [0.3, 0.4) is 0 Å². The van der Waals surface area contributed by atoms with Crippen molar-refractivity contribution in [2.75, 3.05) is 0 Å². The van der Waals surface area contributed by atoms with E-state index in [2.05, 4.69) is 27.2 Å². The summed E-state index contributed by atoms with van der Waals surface area (Å²) in [7, 11) is 0. The molecule has 88 valence electrons. The van der Waals surface area contributed by atoms with Gasteiger partial charge in [0.2, 0.25) is 0 Å². The van der Waals surface area contributed by atoms with Crippen LogP contribution in [0, 0.1) is 6.92 Å². The lowest BCUT2D eigenvalue weighted by atomic mass is 10.1. The smallest absolute Gasteiger partial charge is 0.156 e. The molecule has 0 N–H and O–H groups in total. The number of hydrogen-bond donors (Lipinski definition) is 0. The fourth-order valence-electron chi connectivity index (χ4n) is 1.79. The zero-order chi connectivity index (χ0) is 12.4. The molecular formula is C14H12N4. The summed E-state index contributed by atoms with van der Waals surface area (Å²) in [6.45, 7) is 1.94. The Morgan fingerprint density at radius 3 is 2.61 bits per heavy atom. The van der Waals surface area contributed by atoms with Crippen LogP contribution >= 0.6 is 0 Å². The minimum atomic E-state index is 0.782. The van der Waals surface area contributed by atoms with Gasteiger partial charge in [0, 0.05) is 23.5 Å². The van der Waals surface area contributed by atoms with Gasteiger partial charge in [-0.2, -0.15) is 5.10 Å². The third-order valence-electron chi connectivity index (χ3n) is 2.71. The zero-order valence-corrected chi connectivity index (χ0v) is 9.99. The van der Waals surface area contributed by atoms with Crippen molar-refractivity contribution in [3.05, 3.63) is 60.8 Å². The summed E-state index contributed by atoms with van der Waals surface area (Å²) in [5.41, 5.74) is 3.15. The molecule has 0 aliphatic rings. The number of nitrogens with zero attached hydrogens (tertiary/aromatic N) is 4. The van der Waals surface area contributed by atoms with Crippen LogP contribution in [0.2, 0.25) is 0 Å². The van der Waals surface area contributed by atoms with E-state index in [1.165, 1.54) is 0 Å². The first-order valence-corrected chi connectivity index (χ1v) is 5.72. The second-order valence-electron chi connectivity index (χ2n) is 4.06. The SMILES string of the molecule is Cc1cc(-n2cc(-c3ccccc3)cn2)ncn1. The quantitative estimate of drug-likeness (QED) is 0.687. The van der Waals surface area contributed by atoms with Crippen molar-refractivity contribution in [1.82, 2.24) is 19.7 Å². The minimum absolute atomic E-state index is 0.782. The molecule has 0 bridgehead atoms. The first kappa shape index (κ1) is 10.7. The molecule has 4 heteroatoms. The minimum Gasteiger partial charge on any atom is -0.242 e. The lowest BCUT2D eigenvalue weighted by Gasteiger charge is -1.99. The van der Waals surface area contributed by atoms with Gasteiger partial charge in [-0.1, -0.05) is 30.3 Å². The topological polar surface area (TPSA) is 43.6 Å². The fourth-order valence-corrected chi connectivity index (χ4v) is 1.79. The van der Waals surface area contributed by atoms with E-state index in [4.69, 9.17) is 0 Å². The molecule has 18 heavy (non-hydrogen) atoms. The Hall–Kier alpha value is -2.49. The molecule has 0 saturated carbocycles. The number of aryl methyl sites for hydroxylation is 1. The Labute approximate surface area is 105 Å². The summed E-state index contributed by atoms with van der Waals surface area (Å²) in [5.74, 6) is 0.782. The van der Waals surface area contributed by atoms with Crippen molar-refractivity contribution in [1.29, 1.82) is 0 Å². The Kier molecular flexibility index (Phi) is 2.61. The Bertz CT molecular complexity index is 658. The molecule has 0 aliphatic heterocycles. The van der Waals surface area contributed by atoms with Crippen molar-refractivity contribution in [2.45, 2.75) is 6.92 Å². The monoisotopic (exact) mass is 236 g/mol. The third-order valence-corrected chi connectivity index (χ3v) is 2.71. The van der Waals surface area contributed by atoms with Crippen LogP contribution in [-0.2, 0) is 0 Å². The van der Waals surface area contributed by atoms with Gasteiger partial charge in [0.15, 0.2) is 5.82 Å². The second kappa shape index (κ2) is 4.41. The molecule has 0 aliphatic carbocycles. The van der Waals surface area contributed by atoms with Crippen molar-refractivity contribution in [3.8, 4) is 16.9 Å². The van der Waals surface area contributed by atoms with E-state index in [1.807, 2.05) is 43.6 Å². The summed E-state index contributed by atoms with van der Waals surface area (Å²) in [6.07, 6.45) is 5.36. The summed E-state index contributed by atoms with van der Waals surface area (Å²) >= 11 is 0. The van der Waals surface area contributed by atoms with E-state index in [1.54, 1.807) is 11.0 Å². The van der Waals surface area contributed by atoms with Gasteiger partial charge < -0.3 is 0 Å². The molecule has 0 saturated heterocycles. The van der Waals surface area contributed by atoms with Crippen molar-refractivity contribution in [3.63, 3.8) is 0 Å². The number of hydrogen-bond acceptors (Lipinski definition) is 3. The van der Waals surface area contributed by atoms with Crippen molar-refractivity contribution >= 4 is 0 Å². The summed E-state index contributed by atoms with van der Waals surface area (Å²) < 4.78 is 1.76. The molecule has 0 unspecified atom stereocenters. The summed E-state index contributed by atoms with van der Waals surface area (Å²) in [6, 6.07) is 12.1. The highest BCUT2D eigenvalue weighted by Gasteiger charge is 2.04. The zero-order valence-electron chi connectivity index (χ0n) is 9.99. The van der Waals surface area contributed by atoms with Crippen LogP contribution in [0.15, 0.2) is 55.1 Å². The van der Waals surface area contributed by atoms with Crippen LogP contribution in [0.25, 0.3) is 16.9 Å². The first-order chi connectivity index (χ1) is 8.83. The van der Waals surface area contributed by atoms with Crippen LogP contribution < -0.4 is 0 Å². The highest BCUT2D eigenvalue weighted by Crippen LogP contribution is 2.18. The van der Waals surface area contributed by atoms with Crippen LogP contribution in [0.5, 0.6) is 0 Å². The summed E-state index contributed by atoms with van der Waals surface area (Å²) in [5, 5.41) is 4.33. The van der Waals surface area contributed by atoms with Crippen LogP contribution in [0.1, 0.15) is 5.69 Å². The number of aromatic nitrogens is 4. The normalized spacial score (nSPS) is 10.5. The molecule has 2 heterocycles. The highest BCUT2D eigenvalue weighted by atomic mass is 15.3. The third kappa shape index (κ3) is 2.00. The van der Waals surface area contributed by atoms with Gasteiger partial charge >= 0.3 is 0 Å². The van der Waals surface area contributed by atoms with Crippen molar-refractivity contribution < 1.29 is 0 Å². The van der Waals surface area contributed by atoms with Gasteiger partial charge in [0.25, 0.3) is 0 Å². The van der Waals surface area contributed by atoms with Crippen molar-refractivity contribution in [2.24, 2.45) is 0 Å². The van der Waals surface area contributed by atoms with E-state index < -0.39 is 0 Å². The molecule has 2 aromatic heterocycles. The predicted octanol–water partition coefficient (Wildman–Crippen LogP) is 2.64. The molecule has 0 fully saturated rings. The van der Waals surface area contributed by atoms with E-state index in [0.29, 0.717) is 0 Å².